The van der Waals surface area contributed by atoms with E-state index in [9.17, 15) is 4.79 Å². The van der Waals surface area contributed by atoms with Crippen LogP contribution >= 0.6 is 0 Å². The number of nitrogens with two attached hydrogens (primary N) is 1. The topological polar surface area (TPSA) is 109 Å². The first-order valence-corrected chi connectivity index (χ1v) is 6.24. The molecule has 110 valence electrons. The Morgan fingerprint density at radius 2 is 2.25 bits per heavy atom. The van der Waals surface area contributed by atoms with Gasteiger partial charge >= 0.3 is 0 Å². The summed E-state index contributed by atoms with van der Waals surface area (Å²) in [6.45, 7) is 3.20. The number of methoxy groups -OCH3 is 1. The Kier molecular flexibility index (Phi) is 6.31. The molecule has 0 bridgehead atoms. The normalized spacial score (nSPS) is 11.2. The first-order chi connectivity index (χ1) is 9.62. The number of carbonyl (C=O) groups excluding carboxylic acids is 1. The van der Waals surface area contributed by atoms with Crippen LogP contribution in [0.5, 0.6) is 5.75 Å². The van der Waals surface area contributed by atoms with Gasteiger partial charge in [0.05, 0.1) is 19.2 Å². The maximum Gasteiger partial charge on any atom is 0.233 e. The predicted molar refractivity (Wildman–Crippen MR) is 75.9 cm³/mol. The van der Waals surface area contributed by atoms with Crippen LogP contribution in [0.2, 0.25) is 0 Å². The molecule has 0 unspecified atom stereocenters. The van der Waals surface area contributed by atoms with E-state index in [1.54, 1.807) is 12.1 Å². The fraction of sp³-hybridized carbons (Fsp3) is 0.385. The van der Waals surface area contributed by atoms with E-state index >= 15 is 0 Å². The molecule has 0 aliphatic heterocycles. The van der Waals surface area contributed by atoms with E-state index in [-0.39, 0.29) is 18.3 Å². The Morgan fingerprint density at radius 1 is 1.50 bits per heavy atom. The third-order valence-electron chi connectivity index (χ3n) is 2.64. The van der Waals surface area contributed by atoms with Crippen LogP contribution in [0.1, 0.15) is 18.1 Å². The molecular weight excluding hydrogens is 260 g/mol. The summed E-state index contributed by atoms with van der Waals surface area (Å²) >= 11 is 0. The highest BCUT2D eigenvalue weighted by Gasteiger charge is 2.09. The Bertz CT molecular complexity index is 489. The maximum atomic E-state index is 11.3. The summed E-state index contributed by atoms with van der Waals surface area (Å²) in [5.74, 6) is 0.442. The van der Waals surface area contributed by atoms with E-state index in [1.165, 1.54) is 7.11 Å². The SMILES string of the molecule is CCNC(=O)CNCc1ccc(OC)c(C(N)=NO)c1. The van der Waals surface area contributed by atoms with Crippen molar-refractivity contribution in [1.82, 2.24) is 10.6 Å². The van der Waals surface area contributed by atoms with Gasteiger partial charge in [0, 0.05) is 13.1 Å². The molecule has 20 heavy (non-hydrogen) atoms. The van der Waals surface area contributed by atoms with Crippen LogP contribution in [-0.4, -0.2) is 37.1 Å². The summed E-state index contributed by atoms with van der Waals surface area (Å²) in [4.78, 5) is 11.3. The number of amides is 1. The van der Waals surface area contributed by atoms with Crippen molar-refractivity contribution < 1.29 is 14.7 Å². The summed E-state index contributed by atoms with van der Waals surface area (Å²) < 4.78 is 5.14. The number of rotatable bonds is 7. The lowest BCUT2D eigenvalue weighted by molar-refractivity contribution is -0.120. The van der Waals surface area contributed by atoms with Crippen molar-refractivity contribution in [3.63, 3.8) is 0 Å². The zero-order valence-electron chi connectivity index (χ0n) is 11.6. The van der Waals surface area contributed by atoms with E-state index in [1.807, 2.05) is 13.0 Å². The molecule has 0 radical (unpaired) electrons. The standard InChI is InChI=1S/C13H20N4O3/c1-3-16-12(18)8-15-7-9-4-5-11(20-2)10(6-9)13(14)17-19/h4-6,15,19H,3,7-8H2,1-2H3,(H2,14,17)(H,16,18). The van der Waals surface area contributed by atoms with Gasteiger partial charge in [-0.05, 0) is 24.6 Å². The van der Waals surface area contributed by atoms with Crippen molar-refractivity contribution in [2.24, 2.45) is 10.9 Å². The lowest BCUT2D eigenvalue weighted by Gasteiger charge is -2.10. The Labute approximate surface area is 117 Å². The summed E-state index contributed by atoms with van der Waals surface area (Å²) in [7, 11) is 1.51. The quantitative estimate of drug-likeness (QED) is 0.243. The van der Waals surface area contributed by atoms with E-state index in [4.69, 9.17) is 15.7 Å². The number of benzene rings is 1. The highest BCUT2D eigenvalue weighted by molar-refractivity contribution is 5.99. The molecule has 0 heterocycles. The summed E-state index contributed by atoms with van der Waals surface area (Å²) in [5.41, 5.74) is 7.00. The molecule has 7 heteroatoms. The van der Waals surface area contributed by atoms with Crippen molar-refractivity contribution in [2.45, 2.75) is 13.5 Å². The first kappa shape index (κ1) is 15.8. The number of nitrogens with one attached hydrogen (secondary N) is 2. The van der Waals surface area contributed by atoms with Gasteiger partial charge in [-0.1, -0.05) is 11.2 Å². The number of hydrogen-bond acceptors (Lipinski definition) is 5. The molecule has 7 nitrogen and oxygen atoms in total. The molecule has 1 amide bonds. The zero-order valence-corrected chi connectivity index (χ0v) is 11.6. The maximum absolute atomic E-state index is 11.3. The minimum absolute atomic E-state index is 0.0209. The highest BCUT2D eigenvalue weighted by atomic mass is 16.5. The van der Waals surface area contributed by atoms with E-state index in [0.717, 1.165) is 5.56 Å². The van der Waals surface area contributed by atoms with Crippen molar-refractivity contribution >= 4 is 11.7 Å². The van der Waals surface area contributed by atoms with Gasteiger partial charge < -0.3 is 26.3 Å². The Balaban J connectivity index is 2.70. The molecule has 0 saturated carbocycles. The molecule has 0 aliphatic rings. The average molecular weight is 280 g/mol. The van der Waals surface area contributed by atoms with Crippen molar-refractivity contribution in [1.29, 1.82) is 0 Å². The third kappa shape index (κ3) is 4.43. The fourth-order valence-electron chi connectivity index (χ4n) is 1.70. The number of amidine groups is 1. The fourth-order valence-corrected chi connectivity index (χ4v) is 1.70. The molecule has 1 rings (SSSR count). The van der Waals surface area contributed by atoms with Gasteiger partial charge in [-0.25, -0.2) is 0 Å². The summed E-state index contributed by atoms with van der Waals surface area (Å²) in [5, 5.41) is 17.4. The smallest absolute Gasteiger partial charge is 0.233 e. The van der Waals surface area contributed by atoms with Crippen LogP contribution in [0.15, 0.2) is 23.4 Å². The average Bonchev–Trinajstić information content (AvgIpc) is 2.46. The predicted octanol–water partition coefficient (Wildman–Crippen LogP) is 0.0154. The molecule has 0 aliphatic carbocycles. The monoisotopic (exact) mass is 280 g/mol. The molecule has 0 spiro atoms. The molecule has 5 N–H and O–H groups in total. The number of ether oxygens (including phenoxy) is 1. The largest absolute Gasteiger partial charge is 0.496 e. The van der Waals surface area contributed by atoms with Crippen LogP contribution in [0, 0.1) is 0 Å². The van der Waals surface area contributed by atoms with Crippen molar-refractivity contribution in [2.75, 3.05) is 20.2 Å². The second-order valence-electron chi connectivity index (χ2n) is 4.08. The van der Waals surface area contributed by atoms with Gasteiger partial charge in [0.25, 0.3) is 0 Å². The molecule has 0 aromatic heterocycles. The lowest BCUT2D eigenvalue weighted by Crippen LogP contribution is -2.33. The molecule has 0 atom stereocenters. The Hall–Kier alpha value is -2.28. The van der Waals surface area contributed by atoms with Crippen LogP contribution in [-0.2, 0) is 11.3 Å². The highest BCUT2D eigenvalue weighted by Crippen LogP contribution is 2.19. The minimum Gasteiger partial charge on any atom is -0.496 e. The molecule has 0 saturated heterocycles. The zero-order chi connectivity index (χ0) is 15.0. The Morgan fingerprint density at radius 3 is 2.85 bits per heavy atom. The number of hydrogen-bond donors (Lipinski definition) is 4. The number of likely N-dealkylation sites (N-methyl/N-ethyl adjacent to an activating group) is 1. The molecular formula is C13H20N4O3. The molecule has 1 aromatic carbocycles. The van der Waals surface area contributed by atoms with Gasteiger partial charge in [-0.2, -0.15) is 0 Å². The lowest BCUT2D eigenvalue weighted by atomic mass is 10.1. The second kappa shape index (κ2) is 8.00. The second-order valence-corrected chi connectivity index (χ2v) is 4.08. The molecule has 1 aromatic rings. The van der Waals surface area contributed by atoms with E-state index < -0.39 is 0 Å². The van der Waals surface area contributed by atoms with Crippen molar-refractivity contribution in [3.8, 4) is 5.75 Å². The third-order valence-corrected chi connectivity index (χ3v) is 2.64. The van der Waals surface area contributed by atoms with Crippen LogP contribution in [0.25, 0.3) is 0 Å². The summed E-state index contributed by atoms with van der Waals surface area (Å²) in [6, 6.07) is 5.33. The van der Waals surface area contributed by atoms with E-state index in [0.29, 0.717) is 24.4 Å². The van der Waals surface area contributed by atoms with Gasteiger partial charge in [0.2, 0.25) is 5.91 Å². The van der Waals surface area contributed by atoms with Gasteiger partial charge in [-0.15, -0.1) is 0 Å². The van der Waals surface area contributed by atoms with Gasteiger partial charge in [-0.3, -0.25) is 4.79 Å². The van der Waals surface area contributed by atoms with Crippen LogP contribution in [0.3, 0.4) is 0 Å². The van der Waals surface area contributed by atoms with Crippen LogP contribution < -0.4 is 21.1 Å². The first-order valence-electron chi connectivity index (χ1n) is 6.24. The number of oxime groups is 1. The van der Waals surface area contributed by atoms with Gasteiger partial charge in [0.1, 0.15) is 5.75 Å². The van der Waals surface area contributed by atoms with Crippen LogP contribution in [0.4, 0.5) is 0 Å². The minimum atomic E-state index is -0.0577. The summed E-state index contributed by atoms with van der Waals surface area (Å²) in [6.07, 6.45) is 0. The van der Waals surface area contributed by atoms with Crippen molar-refractivity contribution in [3.05, 3.63) is 29.3 Å². The number of carbonyl (C=O) groups is 1. The van der Waals surface area contributed by atoms with Gasteiger partial charge in [0.15, 0.2) is 5.84 Å². The van der Waals surface area contributed by atoms with E-state index in [2.05, 4.69) is 15.8 Å². The molecule has 0 fully saturated rings. The number of nitrogens with zero attached hydrogens (tertiary/aromatic N) is 1.